The van der Waals surface area contributed by atoms with E-state index in [0.29, 0.717) is 0 Å². The molecule has 1 aromatic carbocycles. The number of para-hydroxylation sites is 1. The fourth-order valence-electron chi connectivity index (χ4n) is 1.75. The van der Waals surface area contributed by atoms with Gasteiger partial charge in [0.25, 0.3) is 0 Å². The molecule has 0 amide bonds. The molecule has 2 aliphatic heterocycles. The van der Waals surface area contributed by atoms with Crippen molar-refractivity contribution >= 4 is 11.8 Å². The summed E-state index contributed by atoms with van der Waals surface area (Å²) >= 11 is 0. The van der Waals surface area contributed by atoms with Crippen molar-refractivity contribution in [2.45, 2.75) is 6.42 Å². The van der Waals surface area contributed by atoms with Crippen LogP contribution in [0.5, 0.6) is 5.75 Å². The summed E-state index contributed by atoms with van der Waals surface area (Å²) < 4.78 is 5.48. The van der Waals surface area contributed by atoms with E-state index >= 15 is 0 Å². The normalized spacial score (nSPS) is 17.4. The van der Waals surface area contributed by atoms with Crippen LogP contribution in [0.4, 0.5) is 0 Å². The molecule has 0 saturated carbocycles. The Kier molecular flexibility index (Phi) is 1.53. The molecule has 0 aliphatic carbocycles. The van der Waals surface area contributed by atoms with E-state index < -0.39 is 0 Å². The van der Waals surface area contributed by atoms with Gasteiger partial charge in [0.05, 0.1) is 0 Å². The van der Waals surface area contributed by atoms with Crippen LogP contribution in [0.3, 0.4) is 0 Å². The lowest BCUT2D eigenvalue weighted by molar-refractivity contribution is 0.470. The second-order valence-electron chi connectivity index (χ2n) is 3.28. The third-order valence-corrected chi connectivity index (χ3v) is 2.41. The third kappa shape index (κ3) is 1.01. The first kappa shape index (κ1) is 7.56. The molecule has 0 N–H and O–H groups in total. The highest BCUT2D eigenvalue weighted by atomic mass is 16.5. The molecule has 3 rings (SSSR count). The number of ether oxygens (including phenoxy) is 1. The van der Waals surface area contributed by atoms with Gasteiger partial charge in [-0.05, 0) is 6.07 Å². The van der Waals surface area contributed by atoms with Gasteiger partial charge < -0.3 is 4.74 Å². The smallest absolute Gasteiger partial charge is 0.134 e. The Balaban J connectivity index is 2.20. The minimum atomic E-state index is 0.904. The van der Waals surface area contributed by atoms with Crippen molar-refractivity contribution < 1.29 is 4.74 Å². The SMILES string of the molecule is C1=NC2=COc3ccccc3C2=CC1. The van der Waals surface area contributed by atoms with E-state index in [-0.39, 0.29) is 0 Å². The average Bonchev–Trinajstić information content (AvgIpc) is 2.29. The molecule has 0 aromatic heterocycles. The van der Waals surface area contributed by atoms with Crippen LogP contribution in [0.15, 0.2) is 47.3 Å². The van der Waals surface area contributed by atoms with Gasteiger partial charge in [-0.1, -0.05) is 24.3 Å². The molecule has 1 aromatic rings. The van der Waals surface area contributed by atoms with Crippen LogP contribution < -0.4 is 4.74 Å². The van der Waals surface area contributed by atoms with Crippen LogP contribution >= 0.6 is 0 Å². The quantitative estimate of drug-likeness (QED) is 0.606. The molecule has 2 heteroatoms. The largest absolute Gasteiger partial charge is 0.462 e. The molecule has 0 fully saturated rings. The minimum absolute atomic E-state index is 0.904. The van der Waals surface area contributed by atoms with Gasteiger partial charge in [0, 0.05) is 23.8 Å². The monoisotopic (exact) mass is 183 g/mol. The van der Waals surface area contributed by atoms with E-state index in [1.165, 1.54) is 5.57 Å². The fourth-order valence-corrected chi connectivity index (χ4v) is 1.75. The number of nitrogens with zero attached hydrogens (tertiary/aromatic N) is 1. The first-order valence-corrected chi connectivity index (χ1v) is 4.64. The molecule has 0 bridgehead atoms. The highest BCUT2D eigenvalue weighted by molar-refractivity contribution is 5.88. The molecule has 2 aliphatic rings. The Bertz CT molecular complexity index is 469. The zero-order valence-electron chi connectivity index (χ0n) is 7.60. The van der Waals surface area contributed by atoms with Gasteiger partial charge in [0.15, 0.2) is 0 Å². The number of hydrogen-bond donors (Lipinski definition) is 0. The second-order valence-corrected chi connectivity index (χ2v) is 3.28. The number of benzene rings is 1. The zero-order valence-corrected chi connectivity index (χ0v) is 7.60. The van der Waals surface area contributed by atoms with Crippen LogP contribution in [0, 0.1) is 0 Å². The lowest BCUT2D eigenvalue weighted by Gasteiger charge is -2.19. The molecule has 0 atom stereocenters. The lowest BCUT2D eigenvalue weighted by atomic mass is 9.98. The average molecular weight is 183 g/mol. The van der Waals surface area contributed by atoms with Crippen molar-refractivity contribution in [1.29, 1.82) is 0 Å². The molecule has 0 spiro atoms. The van der Waals surface area contributed by atoms with Gasteiger partial charge in [0.1, 0.15) is 17.7 Å². The number of fused-ring (bicyclic) bond motifs is 3. The molecule has 0 saturated heterocycles. The Hall–Kier alpha value is -1.83. The summed E-state index contributed by atoms with van der Waals surface area (Å²) in [4.78, 5) is 4.29. The van der Waals surface area contributed by atoms with Gasteiger partial charge in [0.2, 0.25) is 0 Å². The number of aliphatic imine (C=N–C) groups is 1. The summed E-state index contributed by atoms with van der Waals surface area (Å²) in [5.74, 6) is 0.916. The van der Waals surface area contributed by atoms with E-state index in [2.05, 4.69) is 17.1 Å². The number of dihydropyridines is 1. The van der Waals surface area contributed by atoms with Gasteiger partial charge in [-0.25, -0.2) is 0 Å². The summed E-state index contributed by atoms with van der Waals surface area (Å²) in [6, 6.07) is 8.03. The predicted molar refractivity (Wildman–Crippen MR) is 56.2 cm³/mol. The maximum atomic E-state index is 5.48. The highest BCUT2D eigenvalue weighted by Crippen LogP contribution is 2.36. The van der Waals surface area contributed by atoms with Gasteiger partial charge in [-0.3, -0.25) is 4.99 Å². The molecule has 2 nitrogen and oxygen atoms in total. The Morgan fingerprint density at radius 3 is 3.14 bits per heavy atom. The van der Waals surface area contributed by atoms with Crippen molar-refractivity contribution in [1.82, 2.24) is 0 Å². The first-order valence-electron chi connectivity index (χ1n) is 4.64. The maximum Gasteiger partial charge on any atom is 0.134 e. The topological polar surface area (TPSA) is 21.6 Å². The van der Waals surface area contributed by atoms with E-state index in [1.54, 1.807) is 6.26 Å². The maximum absolute atomic E-state index is 5.48. The van der Waals surface area contributed by atoms with Crippen LogP contribution in [-0.2, 0) is 0 Å². The summed E-state index contributed by atoms with van der Waals surface area (Å²) in [6.45, 7) is 0. The summed E-state index contributed by atoms with van der Waals surface area (Å²) in [7, 11) is 0. The van der Waals surface area contributed by atoms with Gasteiger partial charge >= 0.3 is 0 Å². The second kappa shape index (κ2) is 2.84. The van der Waals surface area contributed by atoms with Crippen LogP contribution in [0.25, 0.3) is 5.57 Å². The molecule has 14 heavy (non-hydrogen) atoms. The Morgan fingerprint density at radius 1 is 1.21 bits per heavy atom. The molecule has 2 heterocycles. The third-order valence-electron chi connectivity index (χ3n) is 2.41. The molecular formula is C12H9NO. The van der Waals surface area contributed by atoms with Crippen molar-refractivity contribution in [3.05, 3.63) is 47.9 Å². The molecule has 0 unspecified atom stereocenters. The minimum Gasteiger partial charge on any atom is -0.462 e. The van der Waals surface area contributed by atoms with Crippen LogP contribution in [0.2, 0.25) is 0 Å². The van der Waals surface area contributed by atoms with Crippen LogP contribution in [-0.4, -0.2) is 6.21 Å². The number of rotatable bonds is 0. The van der Waals surface area contributed by atoms with E-state index in [4.69, 9.17) is 4.74 Å². The summed E-state index contributed by atoms with van der Waals surface area (Å²) in [6.07, 6.45) is 6.69. The molecular weight excluding hydrogens is 174 g/mol. The summed E-state index contributed by atoms with van der Waals surface area (Å²) in [5, 5.41) is 0. The van der Waals surface area contributed by atoms with Crippen LogP contribution in [0.1, 0.15) is 12.0 Å². The fraction of sp³-hybridized carbons (Fsp3) is 0.0833. The molecule has 68 valence electrons. The van der Waals surface area contributed by atoms with Crippen molar-refractivity contribution in [2.24, 2.45) is 4.99 Å². The summed E-state index contributed by atoms with van der Waals surface area (Å²) in [5.41, 5.74) is 3.26. The molecule has 0 radical (unpaired) electrons. The first-order chi connectivity index (χ1) is 6.95. The number of allylic oxidation sites excluding steroid dienone is 2. The Labute approximate surface area is 82.2 Å². The van der Waals surface area contributed by atoms with E-state index in [0.717, 1.165) is 23.4 Å². The van der Waals surface area contributed by atoms with E-state index in [1.807, 2.05) is 24.4 Å². The standard InChI is InChI=1S/C12H9NO/c1-2-6-12-10(4-1)9-5-3-7-13-11(9)8-14-12/h1-2,4-8H,3H2. The lowest BCUT2D eigenvalue weighted by Crippen LogP contribution is -2.03. The van der Waals surface area contributed by atoms with Gasteiger partial charge in [-0.2, -0.15) is 0 Å². The highest BCUT2D eigenvalue weighted by Gasteiger charge is 2.18. The predicted octanol–water partition coefficient (Wildman–Crippen LogP) is 2.78. The van der Waals surface area contributed by atoms with Gasteiger partial charge in [-0.15, -0.1) is 0 Å². The van der Waals surface area contributed by atoms with Crippen molar-refractivity contribution in [3.8, 4) is 5.75 Å². The van der Waals surface area contributed by atoms with E-state index in [9.17, 15) is 0 Å². The number of hydrogen-bond acceptors (Lipinski definition) is 2. The zero-order chi connectivity index (χ0) is 9.38. The van der Waals surface area contributed by atoms with Crippen molar-refractivity contribution in [3.63, 3.8) is 0 Å². The Morgan fingerprint density at radius 2 is 2.14 bits per heavy atom. The van der Waals surface area contributed by atoms with Crippen molar-refractivity contribution in [2.75, 3.05) is 0 Å².